The minimum Gasteiger partial charge on any atom is -0.369 e. The lowest BCUT2D eigenvalue weighted by molar-refractivity contribution is 0.313. The molecule has 0 spiro atoms. The van der Waals surface area contributed by atoms with E-state index >= 15 is 0 Å². The summed E-state index contributed by atoms with van der Waals surface area (Å²) in [5.41, 5.74) is 3.23. The first-order chi connectivity index (χ1) is 11.2. The first kappa shape index (κ1) is 14.2. The molecule has 0 amide bonds. The monoisotopic (exact) mass is 310 g/mol. The lowest BCUT2D eigenvalue weighted by Crippen LogP contribution is -2.44. The van der Waals surface area contributed by atoms with Crippen LogP contribution in [0.15, 0.2) is 42.5 Å². The molecule has 4 rings (SSSR count). The van der Waals surface area contributed by atoms with Crippen LogP contribution in [0, 0.1) is 5.82 Å². The number of aromatic nitrogens is 2. The first-order valence-electron chi connectivity index (χ1n) is 7.89. The van der Waals surface area contributed by atoms with E-state index in [1.54, 1.807) is 6.07 Å². The molecule has 0 unspecified atom stereocenters. The van der Waals surface area contributed by atoms with Crippen molar-refractivity contribution in [2.45, 2.75) is 0 Å². The molecule has 4 nitrogen and oxygen atoms in total. The van der Waals surface area contributed by atoms with Crippen LogP contribution in [-0.4, -0.2) is 48.1 Å². The number of nitrogens with zero attached hydrogens (tertiary/aromatic N) is 3. The molecule has 2 aromatic carbocycles. The lowest BCUT2D eigenvalue weighted by Gasteiger charge is -2.34. The average molecular weight is 310 g/mol. The fourth-order valence-corrected chi connectivity index (χ4v) is 3.04. The third-order valence-corrected chi connectivity index (χ3v) is 4.47. The minimum atomic E-state index is -0.236. The Morgan fingerprint density at radius 1 is 1.04 bits per heavy atom. The van der Waals surface area contributed by atoms with E-state index in [1.165, 1.54) is 0 Å². The van der Waals surface area contributed by atoms with Gasteiger partial charge in [-0.1, -0.05) is 12.1 Å². The zero-order valence-corrected chi connectivity index (χ0v) is 13.1. The molecule has 5 heteroatoms. The molecule has 3 aromatic rings. The average Bonchev–Trinajstić information content (AvgIpc) is 2.99. The number of hydrogen-bond acceptors (Lipinski definition) is 3. The van der Waals surface area contributed by atoms with Crippen LogP contribution in [0.25, 0.3) is 22.4 Å². The molecule has 1 saturated heterocycles. The van der Waals surface area contributed by atoms with Crippen molar-refractivity contribution in [1.82, 2.24) is 14.9 Å². The number of para-hydroxylation sites is 2. The van der Waals surface area contributed by atoms with Gasteiger partial charge >= 0.3 is 0 Å². The standard InChI is InChI=1S/C18H19FN4/c1-22-8-10-23(11-9-22)13-6-7-14(15(19)12-13)18-20-16-4-2-3-5-17(16)21-18/h2-7,12H,8-11H2,1H3,(H,20,21). The molecule has 0 aliphatic carbocycles. The van der Waals surface area contributed by atoms with Crippen molar-refractivity contribution in [1.29, 1.82) is 0 Å². The quantitative estimate of drug-likeness (QED) is 0.790. The third-order valence-electron chi connectivity index (χ3n) is 4.47. The number of hydrogen-bond donors (Lipinski definition) is 1. The summed E-state index contributed by atoms with van der Waals surface area (Å²) in [5.74, 6) is 0.342. The maximum absolute atomic E-state index is 14.6. The summed E-state index contributed by atoms with van der Waals surface area (Å²) in [5, 5.41) is 0. The second-order valence-electron chi connectivity index (χ2n) is 6.06. The molecular weight excluding hydrogens is 291 g/mol. The van der Waals surface area contributed by atoms with Gasteiger partial charge in [-0.25, -0.2) is 9.37 Å². The largest absolute Gasteiger partial charge is 0.369 e. The molecule has 118 valence electrons. The number of aromatic amines is 1. The summed E-state index contributed by atoms with van der Waals surface area (Å²) in [6, 6.07) is 13.2. The van der Waals surface area contributed by atoms with Crippen molar-refractivity contribution in [3.63, 3.8) is 0 Å². The zero-order valence-electron chi connectivity index (χ0n) is 13.1. The summed E-state index contributed by atoms with van der Waals surface area (Å²) in [6.45, 7) is 3.87. The van der Waals surface area contributed by atoms with Gasteiger partial charge in [0.1, 0.15) is 11.6 Å². The van der Waals surface area contributed by atoms with E-state index in [9.17, 15) is 4.39 Å². The fourth-order valence-electron chi connectivity index (χ4n) is 3.04. The van der Waals surface area contributed by atoms with E-state index in [2.05, 4.69) is 26.8 Å². The number of fused-ring (bicyclic) bond motifs is 1. The van der Waals surface area contributed by atoms with Crippen LogP contribution in [-0.2, 0) is 0 Å². The Balaban J connectivity index is 1.65. The Morgan fingerprint density at radius 2 is 1.83 bits per heavy atom. The molecule has 1 aliphatic rings. The first-order valence-corrected chi connectivity index (χ1v) is 7.89. The van der Waals surface area contributed by atoms with E-state index in [0.717, 1.165) is 42.9 Å². The van der Waals surface area contributed by atoms with E-state index in [4.69, 9.17) is 0 Å². The van der Waals surface area contributed by atoms with Crippen molar-refractivity contribution >= 4 is 16.7 Å². The van der Waals surface area contributed by atoms with E-state index < -0.39 is 0 Å². The van der Waals surface area contributed by atoms with Gasteiger partial charge in [-0.2, -0.15) is 0 Å². The van der Waals surface area contributed by atoms with Gasteiger partial charge in [0.2, 0.25) is 0 Å². The third kappa shape index (κ3) is 2.68. The molecule has 0 radical (unpaired) electrons. The minimum absolute atomic E-state index is 0.236. The number of piperazine rings is 1. The Bertz CT molecular complexity index is 801. The van der Waals surface area contributed by atoms with Crippen molar-refractivity contribution in [3.05, 3.63) is 48.3 Å². The maximum Gasteiger partial charge on any atom is 0.141 e. The highest BCUT2D eigenvalue weighted by Crippen LogP contribution is 2.27. The van der Waals surface area contributed by atoms with Gasteiger partial charge in [-0.15, -0.1) is 0 Å². The Morgan fingerprint density at radius 3 is 2.57 bits per heavy atom. The number of halogens is 1. The second-order valence-corrected chi connectivity index (χ2v) is 6.06. The zero-order chi connectivity index (χ0) is 15.8. The topological polar surface area (TPSA) is 35.2 Å². The van der Waals surface area contributed by atoms with Crippen LogP contribution in [0.4, 0.5) is 10.1 Å². The summed E-state index contributed by atoms with van der Waals surface area (Å²) >= 11 is 0. The maximum atomic E-state index is 14.6. The van der Waals surface area contributed by atoms with Gasteiger partial charge in [0, 0.05) is 31.9 Å². The highest BCUT2D eigenvalue weighted by Gasteiger charge is 2.17. The molecule has 0 bridgehead atoms. The predicted molar refractivity (Wildman–Crippen MR) is 91.2 cm³/mol. The summed E-state index contributed by atoms with van der Waals surface area (Å²) in [7, 11) is 2.11. The van der Waals surface area contributed by atoms with Crippen molar-refractivity contribution < 1.29 is 4.39 Å². The van der Waals surface area contributed by atoms with Gasteiger partial charge < -0.3 is 14.8 Å². The molecule has 1 aliphatic heterocycles. The van der Waals surface area contributed by atoms with Crippen LogP contribution in [0.1, 0.15) is 0 Å². The van der Waals surface area contributed by atoms with E-state index in [1.807, 2.05) is 36.4 Å². The number of imidazole rings is 1. The SMILES string of the molecule is CN1CCN(c2ccc(-c3nc4ccccc4[nH]3)c(F)c2)CC1. The van der Waals surface area contributed by atoms with Crippen LogP contribution in [0.2, 0.25) is 0 Å². The Labute approximate surface area is 134 Å². The van der Waals surface area contributed by atoms with E-state index in [0.29, 0.717) is 11.4 Å². The van der Waals surface area contributed by atoms with Crippen molar-refractivity contribution in [3.8, 4) is 11.4 Å². The Kier molecular flexibility index (Phi) is 3.50. The van der Waals surface area contributed by atoms with Crippen LogP contribution < -0.4 is 4.90 Å². The fraction of sp³-hybridized carbons (Fsp3) is 0.278. The summed E-state index contributed by atoms with van der Waals surface area (Å²) in [4.78, 5) is 12.2. The number of benzene rings is 2. The Hall–Kier alpha value is -2.40. The van der Waals surface area contributed by atoms with Crippen molar-refractivity contribution in [2.75, 3.05) is 38.1 Å². The second kappa shape index (κ2) is 5.66. The van der Waals surface area contributed by atoms with Gasteiger partial charge in [-0.3, -0.25) is 0 Å². The van der Waals surface area contributed by atoms with Gasteiger partial charge in [0.05, 0.1) is 16.6 Å². The number of nitrogens with one attached hydrogen (secondary N) is 1. The highest BCUT2D eigenvalue weighted by atomic mass is 19.1. The molecule has 0 atom stereocenters. The number of H-pyrrole nitrogens is 1. The lowest BCUT2D eigenvalue weighted by atomic mass is 10.1. The summed E-state index contributed by atoms with van der Waals surface area (Å²) in [6.07, 6.45) is 0. The molecule has 1 N–H and O–H groups in total. The van der Waals surface area contributed by atoms with Crippen LogP contribution in [0.5, 0.6) is 0 Å². The van der Waals surface area contributed by atoms with Gasteiger partial charge in [0.25, 0.3) is 0 Å². The molecule has 1 fully saturated rings. The smallest absolute Gasteiger partial charge is 0.141 e. The number of likely N-dealkylation sites (N-methyl/N-ethyl adjacent to an activating group) is 1. The van der Waals surface area contributed by atoms with Crippen molar-refractivity contribution in [2.24, 2.45) is 0 Å². The molecular formula is C18H19FN4. The molecule has 1 aromatic heterocycles. The molecule has 2 heterocycles. The summed E-state index contributed by atoms with van der Waals surface area (Å²) < 4.78 is 14.6. The number of anilines is 1. The van der Waals surface area contributed by atoms with E-state index in [-0.39, 0.29) is 5.82 Å². The van der Waals surface area contributed by atoms with Crippen LogP contribution in [0.3, 0.4) is 0 Å². The number of rotatable bonds is 2. The van der Waals surface area contributed by atoms with Gasteiger partial charge in [0.15, 0.2) is 0 Å². The van der Waals surface area contributed by atoms with Crippen LogP contribution >= 0.6 is 0 Å². The highest BCUT2D eigenvalue weighted by molar-refractivity contribution is 5.79. The molecule has 0 saturated carbocycles. The van der Waals surface area contributed by atoms with Gasteiger partial charge in [-0.05, 0) is 37.4 Å². The predicted octanol–water partition coefficient (Wildman–Crippen LogP) is 3.12. The normalized spacial score (nSPS) is 16.2. The molecule has 23 heavy (non-hydrogen) atoms.